The molecule has 0 spiro atoms. The van der Waals surface area contributed by atoms with Gasteiger partial charge >= 0.3 is 6.09 Å². The van der Waals surface area contributed by atoms with Gasteiger partial charge in [-0.2, -0.15) is 0 Å². The van der Waals surface area contributed by atoms with Crippen molar-refractivity contribution in [2.24, 2.45) is 0 Å². The van der Waals surface area contributed by atoms with Crippen LogP contribution in [0.2, 0.25) is 0 Å². The predicted molar refractivity (Wildman–Crippen MR) is 111 cm³/mol. The zero-order valence-corrected chi connectivity index (χ0v) is 17.6. The molecule has 0 unspecified atom stereocenters. The third kappa shape index (κ3) is 6.07. The second kappa shape index (κ2) is 9.20. The molecule has 1 saturated heterocycles. The van der Waals surface area contributed by atoms with Crippen molar-refractivity contribution in [1.82, 2.24) is 14.9 Å². The van der Waals surface area contributed by atoms with Gasteiger partial charge in [-0.3, -0.25) is 4.79 Å². The Morgan fingerprint density at radius 2 is 1.81 bits per heavy atom. The molecular weight excluding hydrogens is 406 g/mol. The fourth-order valence-corrected chi connectivity index (χ4v) is 3.00. The number of nitrogens with zero attached hydrogens (tertiary/aromatic N) is 3. The predicted octanol–water partition coefficient (Wildman–Crippen LogP) is 4.58. The van der Waals surface area contributed by atoms with Gasteiger partial charge in [-0.15, -0.1) is 0 Å². The maximum Gasteiger partial charge on any atom is 0.410 e. The van der Waals surface area contributed by atoms with Crippen molar-refractivity contribution >= 4 is 23.6 Å². The molecule has 0 atom stereocenters. The number of amides is 2. The van der Waals surface area contributed by atoms with E-state index in [0.717, 1.165) is 12.3 Å². The van der Waals surface area contributed by atoms with Crippen molar-refractivity contribution in [3.63, 3.8) is 0 Å². The van der Waals surface area contributed by atoms with E-state index in [2.05, 4.69) is 15.3 Å². The molecule has 31 heavy (non-hydrogen) atoms. The summed E-state index contributed by atoms with van der Waals surface area (Å²) < 4.78 is 33.3. The van der Waals surface area contributed by atoms with E-state index in [1.807, 2.05) is 0 Å². The minimum atomic E-state index is -0.587. The SMILES string of the molecule is CC(C)(C)OC(=O)N1CCC(=C(F)c2cccc(NC(=O)c3ccc(F)cn3)n2)CC1. The molecule has 3 rings (SSSR count). The van der Waals surface area contributed by atoms with Crippen molar-refractivity contribution in [3.8, 4) is 0 Å². The van der Waals surface area contributed by atoms with Crippen molar-refractivity contribution in [3.05, 3.63) is 59.3 Å². The first-order valence-electron chi connectivity index (χ1n) is 9.88. The lowest BCUT2D eigenvalue weighted by Gasteiger charge is -2.31. The molecule has 164 valence electrons. The van der Waals surface area contributed by atoms with Crippen molar-refractivity contribution < 1.29 is 23.1 Å². The molecule has 0 bridgehead atoms. The minimum Gasteiger partial charge on any atom is -0.444 e. The van der Waals surface area contributed by atoms with Crippen LogP contribution < -0.4 is 5.32 Å². The zero-order chi connectivity index (χ0) is 22.6. The standard InChI is InChI=1S/C22H24F2N4O3/c1-22(2,3)31-21(30)28-11-9-14(10-12-28)19(24)16-5-4-6-18(26-16)27-20(29)17-8-7-15(23)13-25-17/h4-8,13H,9-12H2,1-3H3,(H,26,27,29). The molecule has 9 heteroatoms. The van der Waals surface area contributed by atoms with Gasteiger partial charge in [-0.05, 0) is 63.5 Å². The molecule has 0 saturated carbocycles. The van der Waals surface area contributed by atoms with Crippen LogP contribution >= 0.6 is 0 Å². The summed E-state index contributed by atoms with van der Waals surface area (Å²) in [5, 5.41) is 2.53. The molecule has 0 radical (unpaired) electrons. The molecule has 7 nitrogen and oxygen atoms in total. The highest BCUT2D eigenvalue weighted by Gasteiger charge is 2.26. The van der Waals surface area contributed by atoms with E-state index in [4.69, 9.17) is 4.74 Å². The Morgan fingerprint density at radius 3 is 2.42 bits per heavy atom. The van der Waals surface area contributed by atoms with E-state index in [0.29, 0.717) is 31.5 Å². The summed E-state index contributed by atoms with van der Waals surface area (Å²) in [6.45, 7) is 6.09. The fraction of sp³-hybridized carbons (Fsp3) is 0.364. The first-order valence-corrected chi connectivity index (χ1v) is 9.88. The van der Waals surface area contributed by atoms with Gasteiger partial charge in [-0.1, -0.05) is 6.07 Å². The van der Waals surface area contributed by atoms with Gasteiger partial charge in [0.1, 0.15) is 34.5 Å². The summed E-state index contributed by atoms with van der Waals surface area (Å²) >= 11 is 0. The second-order valence-electron chi connectivity index (χ2n) is 8.11. The fourth-order valence-electron chi connectivity index (χ4n) is 3.00. The quantitative estimate of drug-likeness (QED) is 0.771. The van der Waals surface area contributed by atoms with Crippen LogP contribution in [0.3, 0.4) is 0 Å². The molecule has 1 fully saturated rings. The Kier molecular flexibility index (Phi) is 6.62. The summed E-state index contributed by atoms with van der Waals surface area (Å²) in [6.07, 6.45) is 1.25. The van der Waals surface area contributed by atoms with Gasteiger partial charge in [0, 0.05) is 13.1 Å². The average Bonchev–Trinajstić information content (AvgIpc) is 2.73. The van der Waals surface area contributed by atoms with Crippen molar-refractivity contribution in [2.75, 3.05) is 18.4 Å². The van der Waals surface area contributed by atoms with Crippen LogP contribution in [-0.4, -0.2) is 45.6 Å². The number of piperidine rings is 1. The maximum absolute atomic E-state index is 15.0. The van der Waals surface area contributed by atoms with Crippen LogP contribution in [0.25, 0.3) is 5.83 Å². The number of hydrogen-bond donors (Lipinski definition) is 1. The Bertz CT molecular complexity index is 991. The van der Waals surface area contributed by atoms with Crippen LogP contribution in [0.5, 0.6) is 0 Å². The largest absolute Gasteiger partial charge is 0.444 e. The second-order valence-corrected chi connectivity index (χ2v) is 8.11. The molecule has 1 aliphatic heterocycles. The lowest BCUT2D eigenvalue weighted by atomic mass is 10.0. The lowest BCUT2D eigenvalue weighted by Crippen LogP contribution is -2.40. The molecule has 2 aromatic heterocycles. The van der Waals surface area contributed by atoms with Gasteiger partial charge in [0.25, 0.3) is 5.91 Å². The number of nitrogens with one attached hydrogen (secondary N) is 1. The van der Waals surface area contributed by atoms with E-state index in [1.54, 1.807) is 31.7 Å². The molecule has 1 aliphatic rings. The molecule has 2 amide bonds. The smallest absolute Gasteiger partial charge is 0.410 e. The highest BCUT2D eigenvalue weighted by Crippen LogP contribution is 2.28. The van der Waals surface area contributed by atoms with E-state index in [-0.39, 0.29) is 17.2 Å². The molecular formula is C22H24F2N4O3. The van der Waals surface area contributed by atoms with Gasteiger partial charge in [0.15, 0.2) is 0 Å². The molecule has 0 aromatic carbocycles. The number of pyridine rings is 2. The first-order chi connectivity index (χ1) is 14.6. The Balaban J connectivity index is 1.66. The normalized spacial score (nSPS) is 14.2. The van der Waals surface area contributed by atoms with Gasteiger partial charge in [-0.25, -0.2) is 23.5 Å². The van der Waals surface area contributed by atoms with Gasteiger partial charge in [0.2, 0.25) is 0 Å². The van der Waals surface area contributed by atoms with Crippen LogP contribution in [-0.2, 0) is 4.74 Å². The van der Waals surface area contributed by atoms with Crippen molar-refractivity contribution in [2.45, 2.75) is 39.2 Å². The number of anilines is 1. The Hall–Kier alpha value is -3.36. The highest BCUT2D eigenvalue weighted by atomic mass is 19.1. The average molecular weight is 430 g/mol. The van der Waals surface area contributed by atoms with Crippen LogP contribution in [0.15, 0.2) is 42.1 Å². The molecule has 1 N–H and O–H groups in total. The number of likely N-dealkylation sites (tertiary alicyclic amines) is 1. The summed E-state index contributed by atoms with van der Waals surface area (Å²) in [4.78, 5) is 33.8. The summed E-state index contributed by atoms with van der Waals surface area (Å²) in [5.41, 5.74) is 0.0694. The van der Waals surface area contributed by atoms with E-state index < -0.39 is 29.2 Å². The highest BCUT2D eigenvalue weighted by molar-refractivity contribution is 6.02. The van der Waals surface area contributed by atoms with Crippen LogP contribution in [0, 0.1) is 5.82 Å². The Labute approximate surface area is 179 Å². The number of hydrogen-bond acceptors (Lipinski definition) is 5. The number of ether oxygens (including phenoxy) is 1. The number of carbonyl (C=O) groups is 2. The summed E-state index contributed by atoms with van der Waals surface area (Å²) in [5.74, 6) is -1.46. The number of halogens is 2. The van der Waals surface area contributed by atoms with E-state index in [9.17, 15) is 14.0 Å². The molecule has 2 aromatic rings. The van der Waals surface area contributed by atoms with Crippen molar-refractivity contribution in [1.29, 1.82) is 0 Å². The van der Waals surface area contributed by atoms with Gasteiger partial charge in [0.05, 0.1) is 6.20 Å². The zero-order valence-electron chi connectivity index (χ0n) is 17.6. The summed E-state index contributed by atoms with van der Waals surface area (Å²) in [7, 11) is 0. The Morgan fingerprint density at radius 1 is 1.10 bits per heavy atom. The lowest BCUT2D eigenvalue weighted by molar-refractivity contribution is 0.0236. The van der Waals surface area contributed by atoms with Gasteiger partial charge < -0.3 is 15.0 Å². The third-order valence-electron chi connectivity index (χ3n) is 4.50. The first kappa shape index (κ1) is 22.3. The topological polar surface area (TPSA) is 84.4 Å². The maximum atomic E-state index is 15.0. The summed E-state index contributed by atoms with van der Waals surface area (Å²) in [6, 6.07) is 6.98. The monoisotopic (exact) mass is 430 g/mol. The molecule has 0 aliphatic carbocycles. The van der Waals surface area contributed by atoms with E-state index >= 15 is 4.39 Å². The van der Waals surface area contributed by atoms with E-state index in [1.165, 1.54) is 18.2 Å². The number of carbonyl (C=O) groups excluding carboxylic acids is 2. The molecule has 3 heterocycles. The van der Waals surface area contributed by atoms with Crippen LogP contribution in [0.1, 0.15) is 49.8 Å². The minimum absolute atomic E-state index is 0.0157. The number of aromatic nitrogens is 2. The third-order valence-corrected chi connectivity index (χ3v) is 4.50. The number of rotatable bonds is 3. The van der Waals surface area contributed by atoms with Crippen LogP contribution in [0.4, 0.5) is 19.4 Å².